The van der Waals surface area contributed by atoms with Crippen LogP contribution in [0.4, 0.5) is 4.39 Å². The van der Waals surface area contributed by atoms with Crippen molar-refractivity contribution in [1.29, 1.82) is 0 Å². The molecule has 8 heteroatoms. The summed E-state index contributed by atoms with van der Waals surface area (Å²) < 4.78 is 17.7. The molecule has 3 heterocycles. The fraction of sp³-hybridized carbons (Fsp3) is 0.136. The van der Waals surface area contributed by atoms with E-state index in [0.717, 1.165) is 29.4 Å². The van der Waals surface area contributed by atoms with Crippen molar-refractivity contribution in [3.8, 4) is 16.9 Å². The van der Waals surface area contributed by atoms with Crippen molar-refractivity contribution < 1.29 is 9.50 Å². The van der Waals surface area contributed by atoms with Gasteiger partial charge in [0.2, 0.25) is 0 Å². The highest BCUT2D eigenvalue weighted by Crippen LogP contribution is 2.41. The summed E-state index contributed by atoms with van der Waals surface area (Å²) in [6.45, 7) is 1.57. The predicted molar refractivity (Wildman–Crippen MR) is 114 cm³/mol. The molecule has 6 rings (SSSR count). The van der Waals surface area contributed by atoms with Gasteiger partial charge in [0.25, 0.3) is 0 Å². The normalized spacial score (nSPS) is 14.6. The van der Waals surface area contributed by atoms with Crippen LogP contribution < -0.4 is 5.32 Å². The summed E-state index contributed by atoms with van der Waals surface area (Å²) in [6.07, 6.45) is 1.54. The highest BCUT2D eigenvalue weighted by Gasteiger charge is 2.25. The molecule has 1 fully saturated rings. The molecule has 0 atom stereocenters. The number of halogens is 2. The fourth-order valence-electron chi connectivity index (χ4n) is 4.15. The lowest BCUT2D eigenvalue weighted by atomic mass is 9.96. The van der Waals surface area contributed by atoms with E-state index >= 15 is 4.39 Å². The van der Waals surface area contributed by atoms with E-state index in [1.54, 1.807) is 12.1 Å². The first-order chi connectivity index (χ1) is 14.6. The predicted octanol–water partition coefficient (Wildman–Crippen LogP) is 4.44. The second-order valence-electron chi connectivity index (χ2n) is 7.50. The van der Waals surface area contributed by atoms with E-state index in [9.17, 15) is 5.11 Å². The number of aromatic hydroxyl groups is 1. The smallest absolute Gasteiger partial charge is 0.158 e. The van der Waals surface area contributed by atoms with Gasteiger partial charge in [-0.15, -0.1) is 5.10 Å². The molecular formula is C22H15ClFN5O. The summed E-state index contributed by atoms with van der Waals surface area (Å²) in [7, 11) is 0. The van der Waals surface area contributed by atoms with Crippen molar-refractivity contribution in [2.45, 2.75) is 6.04 Å². The van der Waals surface area contributed by atoms with Gasteiger partial charge in [-0.2, -0.15) is 0 Å². The van der Waals surface area contributed by atoms with Gasteiger partial charge in [0, 0.05) is 24.0 Å². The van der Waals surface area contributed by atoms with E-state index in [0.29, 0.717) is 16.5 Å². The van der Waals surface area contributed by atoms with Gasteiger partial charge >= 0.3 is 0 Å². The SMILES string of the molecule is Oc1cc(-c2c(Cl)cc3c(ncc4nnn(C5CNC5)c43)c2F)c2ccccc2c1. The molecule has 2 aromatic heterocycles. The summed E-state index contributed by atoms with van der Waals surface area (Å²) in [6, 6.07) is 12.5. The van der Waals surface area contributed by atoms with Gasteiger partial charge in [-0.25, -0.2) is 9.07 Å². The molecule has 0 bridgehead atoms. The monoisotopic (exact) mass is 419 g/mol. The van der Waals surface area contributed by atoms with Crippen molar-refractivity contribution in [3.05, 3.63) is 59.5 Å². The first-order valence-corrected chi connectivity index (χ1v) is 9.94. The van der Waals surface area contributed by atoms with E-state index in [1.807, 2.05) is 28.9 Å². The maximum atomic E-state index is 15.8. The third kappa shape index (κ3) is 2.42. The number of aromatic nitrogens is 4. The van der Waals surface area contributed by atoms with Crippen LogP contribution in [0.3, 0.4) is 0 Å². The average molecular weight is 420 g/mol. The Morgan fingerprint density at radius 3 is 2.77 bits per heavy atom. The molecule has 0 amide bonds. The van der Waals surface area contributed by atoms with Crippen molar-refractivity contribution in [1.82, 2.24) is 25.3 Å². The average Bonchev–Trinajstić information content (AvgIpc) is 3.10. The Morgan fingerprint density at radius 2 is 1.97 bits per heavy atom. The van der Waals surface area contributed by atoms with Gasteiger partial charge in [-0.3, -0.25) is 4.98 Å². The zero-order valence-electron chi connectivity index (χ0n) is 15.6. The zero-order chi connectivity index (χ0) is 20.4. The highest BCUT2D eigenvalue weighted by molar-refractivity contribution is 6.35. The standard InChI is InChI=1S/C22H15ClFN5O/c23-17-7-16-21(26-10-18-22(16)29(28-27-18)12-8-25-9-12)20(24)19(17)15-6-13(30)5-11-3-1-2-4-14(11)15/h1-7,10,12,25,30H,8-9H2. The lowest BCUT2D eigenvalue weighted by molar-refractivity contribution is 0.321. The Balaban J connectivity index is 1.69. The number of phenolic OH excluding ortho intramolecular Hbond substituents is 1. The maximum absolute atomic E-state index is 15.8. The van der Waals surface area contributed by atoms with Crippen molar-refractivity contribution in [3.63, 3.8) is 0 Å². The molecule has 5 aromatic rings. The van der Waals surface area contributed by atoms with Crippen molar-refractivity contribution >= 4 is 44.3 Å². The minimum atomic E-state index is -0.533. The second-order valence-corrected chi connectivity index (χ2v) is 7.90. The molecule has 0 radical (unpaired) electrons. The van der Waals surface area contributed by atoms with Crippen LogP contribution in [0.2, 0.25) is 5.02 Å². The van der Waals surface area contributed by atoms with E-state index < -0.39 is 5.82 Å². The molecule has 1 aliphatic rings. The molecule has 30 heavy (non-hydrogen) atoms. The number of pyridine rings is 1. The van der Waals surface area contributed by atoms with Gasteiger partial charge in [0.05, 0.1) is 17.3 Å². The summed E-state index contributed by atoms with van der Waals surface area (Å²) in [5, 5.41) is 24.3. The molecule has 1 aliphatic heterocycles. The van der Waals surface area contributed by atoms with E-state index in [4.69, 9.17) is 11.6 Å². The molecular weight excluding hydrogens is 405 g/mol. The molecule has 0 unspecified atom stereocenters. The third-order valence-corrected chi connectivity index (χ3v) is 6.00. The van der Waals surface area contributed by atoms with E-state index in [1.165, 1.54) is 12.3 Å². The van der Waals surface area contributed by atoms with Gasteiger partial charge in [-0.05, 0) is 34.5 Å². The van der Waals surface area contributed by atoms with E-state index in [2.05, 4.69) is 20.6 Å². The number of nitrogens with one attached hydrogen (secondary N) is 1. The van der Waals surface area contributed by atoms with Crippen LogP contribution in [0.25, 0.3) is 43.8 Å². The van der Waals surface area contributed by atoms with Gasteiger partial charge in [-0.1, -0.05) is 41.1 Å². The number of phenols is 1. The summed E-state index contributed by atoms with van der Waals surface area (Å²) >= 11 is 6.63. The molecule has 3 aromatic carbocycles. The number of nitrogens with zero attached hydrogens (tertiary/aromatic N) is 4. The molecule has 0 saturated carbocycles. The molecule has 0 aliphatic carbocycles. The maximum Gasteiger partial charge on any atom is 0.158 e. The van der Waals surface area contributed by atoms with Crippen LogP contribution in [0.1, 0.15) is 6.04 Å². The quantitative estimate of drug-likeness (QED) is 0.442. The topological polar surface area (TPSA) is 75.9 Å². The number of benzene rings is 3. The number of hydrogen-bond acceptors (Lipinski definition) is 5. The number of rotatable bonds is 2. The van der Waals surface area contributed by atoms with Gasteiger partial charge in [0.1, 0.15) is 22.3 Å². The Morgan fingerprint density at radius 1 is 1.13 bits per heavy atom. The van der Waals surface area contributed by atoms with E-state index in [-0.39, 0.29) is 27.9 Å². The molecule has 1 saturated heterocycles. The summed E-state index contributed by atoms with van der Waals surface area (Å²) in [5.74, 6) is -0.489. The number of hydrogen-bond donors (Lipinski definition) is 2. The summed E-state index contributed by atoms with van der Waals surface area (Å²) in [5.41, 5.74) is 2.25. The van der Waals surface area contributed by atoms with Gasteiger partial charge in [0.15, 0.2) is 5.82 Å². The largest absolute Gasteiger partial charge is 0.508 e. The first kappa shape index (κ1) is 17.6. The third-order valence-electron chi connectivity index (χ3n) is 5.71. The molecule has 2 N–H and O–H groups in total. The van der Waals surface area contributed by atoms with Crippen LogP contribution in [0.5, 0.6) is 5.75 Å². The Hall–Kier alpha value is -3.29. The lowest BCUT2D eigenvalue weighted by Crippen LogP contribution is -2.43. The van der Waals surface area contributed by atoms with Crippen molar-refractivity contribution in [2.24, 2.45) is 0 Å². The minimum absolute atomic E-state index is 0.0439. The molecule has 6 nitrogen and oxygen atoms in total. The van der Waals surface area contributed by atoms with Crippen LogP contribution in [-0.2, 0) is 0 Å². The second kappa shape index (κ2) is 6.35. The summed E-state index contributed by atoms with van der Waals surface area (Å²) in [4.78, 5) is 4.33. The zero-order valence-corrected chi connectivity index (χ0v) is 16.4. The fourth-order valence-corrected chi connectivity index (χ4v) is 4.44. The van der Waals surface area contributed by atoms with Crippen molar-refractivity contribution in [2.75, 3.05) is 13.1 Å². The number of fused-ring (bicyclic) bond motifs is 4. The van der Waals surface area contributed by atoms with Crippen LogP contribution in [0, 0.1) is 5.82 Å². The lowest BCUT2D eigenvalue weighted by Gasteiger charge is -2.27. The Bertz CT molecular complexity index is 1480. The van der Waals surface area contributed by atoms with Crippen LogP contribution in [-0.4, -0.2) is 38.2 Å². The minimum Gasteiger partial charge on any atom is -0.508 e. The molecule has 0 spiro atoms. The highest BCUT2D eigenvalue weighted by atomic mass is 35.5. The Labute approximate surface area is 174 Å². The van der Waals surface area contributed by atoms with Crippen LogP contribution in [0.15, 0.2) is 48.7 Å². The van der Waals surface area contributed by atoms with Gasteiger partial charge < -0.3 is 10.4 Å². The first-order valence-electron chi connectivity index (χ1n) is 9.56. The Kier molecular flexibility index (Phi) is 3.72. The molecule has 148 valence electrons. The van der Waals surface area contributed by atoms with Crippen LogP contribution >= 0.6 is 11.6 Å².